The quantitative estimate of drug-likeness (QED) is 0.752. The van der Waals surface area contributed by atoms with E-state index in [2.05, 4.69) is 36.1 Å². The second-order valence-electron chi connectivity index (χ2n) is 7.41. The summed E-state index contributed by atoms with van der Waals surface area (Å²) in [5.41, 5.74) is 2.53. The molecule has 0 aliphatic carbocycles. The summed E-state index contributed by atoms with van der Waals surface area (Å²) in [6, 6.07) is 15.0. The summed E-state index contributed by atoms with van der Waals surface area (Å²) in [6.07, 6.45) is 0.633. The average Bonchev–Trinajstić information content (AvgIpc) is 2.60. The Labute approximate surface area is 152 Å². The molecule has 3 aromatic rings. The van der Waals surface area contributed by atoms with E-state index in [0.29, 0.717) is 23.1 Å². The van der Waals surface area contributed by atoms with Gasteiger partial charge in [0.25, 0.3) is 5.56 Å². The van der Waals surface area contributed by atoms with Gasteiger partial charge in [-0.15, -0.1) is 0 Å². The van der Waals surface area contributed by atoms with Crippen molar-refractivity contribution in [1.82, 2.24) is 9.97 Å². The van der Waals surface area contributed by atoms with Crippen LogP contribution in [0.5, 0.6) is 0 Å². The second kappa shape index (κ2) is 7.12. The van der Waals surface area contributed by atoms with Crippen LogP contribution in [0.2, 0.25) is 0 Å². The molecule has 1 aromatic heterocycles. The SMILES string of the molecule is CC(C)(C)c1ccc(NC(=O)CCc2nc3ccccc3c(=O)[nH]2)cc1. The van der Waals surface area contributed by atoms with Crippen LogP contribution in [0, 0.1) is 0 Å². The Morgan fingerprint density at radius 3 is 2.46 bits per heavy atom. The maximum Gasteiger partial charge on any atom is 0.258 e. The first-order chi connectivity index (χ1) is 12.3. The summed E-state index contributed by atoms with van der Waals surface area (Å²) < 4.78 is 0. The fourth-order valence-corrected chi connectivity index (χ4v) is 2.76. The van der Waals surface area contributed by atoms with Gasteiger partial charge in [0.1, 0.15) is 5.82 Å². The topological polar surface area (TPSA) is 74.8 Å². The van der Waals surface area contributed by atoms with Gasteiger partial charge in [0.05, 0.1) is 10.9 Å². The number of hydrogen-bond donors (Lipinski definition) is 2. The highest BCUT2D eigenvalue weighted by molar-refractivity contribution is 5.90. The van der Waals surface area contributed by atoms with Gasteiger partial charge >= 0.3 is 0 Å². The highest BCUT2D eigenvalue weighted by Crippen LogP contribution is 2.23. The number of aryl methyl sites for hydroxylation is 1. The summed E-state index contributed by atoms with van der Waals surface area (Å²) >= 11 is 0. The lowest BCUT2D eigenvalue weighted by molar-refractivity contribution is -0.116. The third kappa shape index (κ3) is 4.17. The number of amides is 1. The van der Waals surface area contributed by atoms with E-state index in [1.54, 1.807) is 18.2 Å². The van der Waals surface area contributed by atoms with E-state index in [1.165, 1.54) is 5.56 Å². The zero-order chi connectivity index (χ0) is 18.7. The van der Waals surface area contributed by atoms with Crippen molar-refractivity contribution < 1.29 is 4.79 Å². The summed E-state index contributed by atoms with van der Waals surface area (Å²) in [7, 11) is 0. The van der Waals surface area contributed by atoms with Gasteiger partial charge in [-0.1, -0.05) is 45.0 Å². The molecule has 5 heteroatoms. The zero-order valence-corrected chi connectivity index (χ0v) is 15.3. The molecule has 0 spiro atoms. The zero-order valence-electron chi connectivity index (χ0n) is 15.3. The van der Waals surface area contributed by atoms with Crippen molar-refractivity contribution in [2.45, 2.75) is 39.0 Å². The highest BCUT2D eigenvalue weighted by atomic mass is 16.1. The Balaban J connectivity index is 1.63. The van der Waals surface area contributed by atoms with Gasteiger partial charge in [-0.05, 0) is 35.2 Å². The van der Waals surface area contributed by atoms with E-state index in [1.807, 2.05) is 30.3 Å². The first kappa shape index (κ1) is 17.9. The lowest BCUT2D eigenvalue weighted by Crippen LogP contribution is -2.16. The van der Waals surface area contributed by atoms with E-state index < -0.39 is 0 Å². The van der Waals surface area contributed by atoms with Crippen LogP contribution >= 0.6 is 0 Å². The normalized spacial score (nSPS) is 11.5. The third-order valence-electron chi connectivity index (χ3n) is 4.29. The van der Waals surface area contributed by atoms with Gasteiger partial charge in [-0.3, -0.25) is 9.59 Å². The molecule has 5 nitrogen and oxygen atoms in total. The fraction of sp³-hybridized carbons (Fsp3) is 0.286. The molecule has 0 atom stereocenters. The number of aromatic nitrogens is 2. The molecule has 0 saturated carbocycles. The van der Waals surface area contributed by atoms with Gasteiger partial charge in [-0.25, -0.2) is 4.98 Å². The highest BCUT2D eigenvalue weighted by Gasteiger charge is 2.13. The van der Waals surface area contributed by atoms with Crippen molar-refractivity contribution in [1.29, 1.82) is 0 Å². The number of para-hydroxylation sites is 1. The second-order valence-corrected chi connectivity index (χ2v) is 7.41. The molecular weight excluding hydrogens is 326 g/mol. The standard InChI is InChI=1S/C21H23N3O2/c1-21(2,3)14-8-10-15(11-9-14)22-19(25)13-12-18-23-17-7-5-4-6-16(17)20(26)24-18/h4-11H,12-13H2,1-3H3,(H,22,25)(H,23,24,26). The average molecular weight is 349 g/mol. The Morgan fingerprint density at radius 1 is 1.08 bits per heavy atom. The van der Waals surface area contributed by atoms with Gasteiger partial charge in [-0.2, -0.15) is 0 Å². The molecule has 1 amide bonds. The number of carbonyl (C=O) groups is 1. The van der Waals surface area contributed by atoms with Crippen molar-refractivity contribution in [2.75, 3.05) is 5.32 Å². The number of nitrogens with one attached hydrogen (secondary N) is 2. The van der Waals surface area contributed by atoms with Gasteiger partial charge in [0.15, 0.2) is 0 Å². The Bertz CT molecular complexity index is 983. The third-order valence-corrected chi connectivity index (χ3v) is 4.29. The molecule has 0 radical (unpaired) electrons. The number of H-pyrrole nitrogens is 1. The predicted octanol–water partition coefficient (Wildman–Crippen LogP) is 3.79. The van der Waals surface area contributed by atoms with Gasteiger partial charge in [0.2, 0.25) is 5.91 Å². The summed E-state index contributed by atoms with van der Waals surface area (Å²) in [5.74, 6) is 0.413. The largest absolute Gasteiger partial charge is 0.326 e. The minimum atomic E-state index is -0.177. The molecule has 0 aliphatic rings. The Hall–Kier alpha value is -2.95. The number of anilines is 1. The van der Waals surface area contributed by atoms with Crippen molar-refractivity contribution in [3.63, 3.8) is 0 Å². The molecule has 2 N–H and O–H groups in total. The van der Waals surface area contributed by atoms with E-state index >= 15 is 0 Å². The number of benzene rings is 2. The molecule has 3 rings (SSSR count). The minimum absolute atomic E-state index is 0.0795. The Kier molecular flexibility index (Phi) is 4.89. The molecular formula is C21H23N3O2. The van der Waals surface area contributed by atoms with Gasteiger partial charge in [0, 0.05) is 18.5 Å². The Morgan fingerprint density at radius 2 is 1.77 bits per heavy atom. The van der Waals surface area contributed by atoms with Crippen LogP contribution in [-0.2, 0) is 16.6 Å². The molecule has 0 bridgehead atoms. The number of rotatable bonds is 4. The van der Waals surface area contributed by atoms with Crippen LogP contribution in [-0.4, -0.2) is 15.9 Å². The molecule has 0 fully saturated rings. The smallest absolute Gasteiger partial charge is 0.258 e. The van der Waals surface area contributed by atoms with E-state index in [4.69, 9.17) is 0 Å². The summed E-state index contributed by atoms with van der Waals surface area (Å²) in [4.78, 5) is 31.4. The lowest BCUT2D eigenvalue weighted by Gasteiger charge is -2.19. The minimum Gasteiger partial charge on any atom is -0.326 e. The maximum atomic E-state index is 12.2. The number of carbonyl (C=O) groups excluding carboxylic acids is 1. The maximum absolute atomic E-state index is 12.2. The van der Waals surface area contributed by atoms with Crippen LogP contribution in [0.1, 0.15) is 38.6 Å². The van der Waals surface area contributed by atoms with E-state index in [-0.39, 0.29) is 23.3 Å². The van der Waals surface area contributed by atoms with Crippen molar-refractivity contribution in [3.8, 4) is 0 Å². The molecule has 0 saturated heterocycles. The first-order valence-corrected chi connectivity index (χ1v) is 8.71. The number of hydrogen-bond acceptors (Lipinski definition) is 3. The molecule has 2 aromatic carbocycles. The van der Waals surface area contributed by atoms with Crippen LogP contribution < -0.4 is 10.9 Å². The lowest BCUT2D eigenvalue weighted by atomic mass is 9.87. The molecule has 1 heterocycles. The van der Waals surface area contributed by atoms with E-state index in [9.17, 15) is 9.59 Å². The number of aromatic amines is 1. The van der Waals surface area contributed by atoms with Crippen LogP contribution in [0.15, 0.2) is 53.3 Å². The first-order valence-electron chi connectivity index (χ1n) is 8.71. The molecule has 0 aliphatic heterocycles. The van der Waals surface area contributed by atoms with Crippen molar-refractivity contribution in [3.05, 3.63) is 70.3 Å². The molecule has 26 heavy (non-hydrogen) atoms. The molecule has 0 unspecified atom stereocenters. The van der Waals surface area contributed by atoms with Crippen LogP contribution in [0.4, 0.5) is 5.69 Å². The monoisotopic (exact) mass is 349 g/mol. The van der Waals surface area contributed by atoms with Crippen LogP contribution in [0.25, 0.3) is 10.9 Å². The van der Waals surface area contributed by atoms with Crippen molar-refractivity contribution >= 4 is 22.5 Å². The number of fused-ring (bicyclic) bond motifs is 1. The number of nitrogens with zero attached hydrogens (tertiary/aromatic N) is 1. The predicted molar refractivity (Wildman–Crippen MR) is 104 cm³/mol. The summed E-state index contributed by atoms with van der Waals surface area (Å²) in [6.45, 7) is 6.45. The fourth-order valence-electron chi connectivity index (χ4n) is 2.76. The van der Waals surface area contributed by atoms with Crippen LogP contribution in [0.3, 0.4) is 0 Å². The van der Waals surface area contributed by atoms with Gasteiger partial charge < -0.3 is 10.3 Å². The molecule has 134 valence electrons. The summed E-state index contributed by atoms with van der Waals surface area (Å²) in [5, 5.41) is 3.44. The van der Waals surface area contributed by atoms with E-state index in [0.717, 1.165) is 5.69 Å². The van der Waals surface area contributed by atoms with Crippen molar-refractivity contribution in [2.24, 2.45) is 0 Å².